The molecule has 0 aliphatic carbocycles. The Labute approximate surface area is 209 Å². The summed E-state index contributed by atoms with van der Waals surface area (Å²) in [6.07, 6.45) is 6.81. The Morgan fingerprint density at radius 1 is 1.03 bits per heavy atom. The molecule has 0 N–H and O–H groups in total. The fourth-order valence-corrected chi connectivity index (χ4v) is 6.07. The van der Waals surface area contributed by atoms with Crippen molar-refractivity contribution in [3.63, 3.8) is 0 Å². The van der Waals surface area contributed by atoms with E-state index >= 15 is 0 Å². The predicted octanol–water partition coefficient (Wildman–Crippen LogP) is 5.14. The molecule has 3 aromatic carbocycles. The summed E-state index contributed by atoms with van der Waals surface area (Å²) in [6.45, 7) is 2.17. The van der Waals surface area contributed by atoms with Crippen molar-refractivity contribution in [2.45, 2.75) is 30.8 Å². The molecule has 0 radical (unpaired) electrons. The Hall–Kier alpha value is -3.64. The van der Waals surface area contributed by atoms with Crippen LogP contribution in [0.3, 0.4) is 0 Å². The highest BCUT2D eigenvalue weighted by Crippen LogP contribution is 2.55. The van der Waals surface area contributed by atoms with Crippen molar-refractivity contribution in [2.24, 2.45) is 0 Å². The summed E-state index contributed by atoms with van der Waals surface area (Å²) in [5, 5.41) is 0. The molecule has 36 heavy (non-hydrogen) atoms. The molecule has 182 valence electrons. The smallest absolute Gasteiger partial charge is 0.245 e. The average molecular weight is 484 g/mol. The van der Waals surface area contributed by atoms with Gasteiger partial charge in [-0.1, -0.05) is 36.4 Å². The van der Waals surface area contributed by atoms with E-state index in [9.17, 15) is 9.18 Å². The number of hydrogen-bond acceptors (Lipinski definition) is 4. The number of nitrogens with zero attached hydrogens (tertiary/aromatic N) is 1. The number of hydrogen-bond donors (Lipinski definition) is 0. The molecule has 1 spiro atoms. The second-order valence-electron chi connectivity index (χ2n) is 9.93. The van der Waals surface area contributed by atoms with E-state index in [1.165, 1.54) is 12.1 Å². The van der Waals surface area contributed by atoms with Gasteiger partial charge >= 0.3 is 0 Å². The third-order valence-electron chi connectivity index (χ3n) is 7.83. The Morgan fingerprint density at radius 2 is 1.92 bits per heavy atom. The van der Waals surface area contributed by atoms with Gasteiger partial charge in [-0.25, -0.2) is 4.39 Å². The molecule has 1 unspecified atom stereocenters. The summed E-state index contributed by atoms with van der Waals surface area (Å²) < 4.78 is 31.3. The molecule has 5 nitrogen and oxygen atoms in total. The Bertz CT molecular complexity index is 1390. The van der Waals surface area contributed by atoms with Gasteiger partial charge in [0.1, 0.15) is 29.3 Å². The molecule has 3 aromatic rings. The van der Waals surface area contributed by atoms with Crippen LogP contribution in [0.4, 0.5) is 10.1 Å². The van der Waals surface area contributed by atoms with Crippen LogP contribution in [0.25, 0.3) is 12.2 Å². The van der Waals surface area contributed by atoms with Gasteiger partial charge < -0.3 is 19.1 Å². The summed E-state index contributed by atoms with van der Waals surface area (Å²) in [5.74, 6) is 1.33. The number of fused-ring (bicyclic) bond motifs is 5. The fourth-order valence-electron chi connectivity index (χ4n) is 6.07. The standard InChI is InChI=1S/C30H26FNO4/c31-22-10-7-19(8-11-22)6-9-20-3-1-5-25-28(20)30(29(33)32(25)17-23-4-2-13-34-23)18-36-27-16-26-21(12-14-35-26)15-24(27)30/h1,3,5-11,15-16,23H,2,4,12-14,17-18H2/b9-6+/t23-,30?/m1/s1. The van der Waals surface area contributed by atoms with Gasteiger partial charge in [0.15, 0.2) is 0 Å². The highest BCUT2D eigenvalue weighted by atomic mass is 19.1. The lowest BCUT2D eigenvalue weighted by Gasteiger charge is -2.25. The van der Waals surface area contributed by atoms with Crippen molar-refractivity contribution < 1.29 is 23.4 Å². The molecule has 6 heteroatoms. The first kappa shape index (κ1) is 21.6. The maximum absolute atomic E-state index is 14.4. The average Bonchev–Trinajstić information content (AvgIpc) is 3.68. The van der Waals surface area contributed by atoms with Crippen LogP contribution < -0.4 is 14.4 Å². The minimum absolute atomic E-state index is 0.0329. The second kappa shape index (κ2) is 8.20. The van der Waals surface area contributed by atoms with E-state index in [1.807, 2.05) is 41.3 Å². The summed E-state index contributed by atoms with van der Waals surface area (Å²) in [5.41, 5.74) is 4.81. The lowest BCUT2D eigenvalue weighted by atomic mass is 9.74. The van der Waals surface area contributed by atoms with Crippen LogP contribution in [0.5, 0.6) is 11.5 Å². The molecule has 1 amide bonds. The van der Waals surface area contributed by atoms with Crippen molar-refractivity contribution in [3.8, 4) is 11.5 Å². The minimum Gasteiger partial charge on any atom is -0.493 e. The largest absolute Gasteiger partial charge is 0.493 e. The Balaban J connectivity index is 1.39. The molecule has 4 aliphatic heterocycles. The van der Waals surface area contributed by atoms with Crippen LogP contribution in [0.2, 0.25) is 0 Å². The number of rotatable bonds is 4. The first-order chi connectivity index (χ1) is 17.6. The van der Waals surface area contributed by atoms with Gasteiger partial charge in [0.25, 0.3) is 0 Å². The quantitative estimate of drug-likeness (QED) is 0.483. The third-order valence-corrected chi connectivity index (χ3v) is 7.83. The van der Waals surface area contributed by atoms with Gasteiger partial charge in [-0.3, -0.25) is 4.79 Å². The van der Waals surface area contributed by atoms with Crippen LogP contribution in [-0.4, -0.2) is 38.4 Å². The maximum atomic E-state index is 14.4. The molecule has 2 atom stereocenters. The van der Waals surface area contributed by atoms with Crippen molar-refractivity contribution in [2.75, 3.05) is 31.3 Å². The molecule has 1 fully saturated rings. The number of carbonyl (C=O) groups is 1. The lowest BCUT2D eigenvalue weighted by Crippen LogP contribution is -2.45. The highest BCUT2D eigenvalue weighted by Gasteiger charge is 2.58. The first-order valence-corrected chi connectivity index (χ1v) is 12.6. The van der Waals surface area contributed by atoms with Crippen molar-refractivity contribution >= 4 is 23.7 Å². The van der Waals surface area contributed by atoms with E-state index in [4.69, 9.17) is 14.2 Å². The zero-order chi connectivity index (χ0) is 24.3. The topological polar surface area (TPSA) is 48.0 Å². The zero-order valence-corrected chi connectivity index (χ0v) is 19.8. The van der Waals surface area contributed by atoms with Crippen LogP contribution in [0, 0.1) is 5.82 Å². The fraction of sp³-hybridized carbons (Fsp3) is 0.300. The van der Waals surface area contributed by atoms with Crippen LogP contribution >= 0.6 is 0 Å². The monoisotopic (exact) mass is 483 g/mol. The second-order valence-corrected chi connectivity index (χ2v) is 9.93. The first-order valence-electron chi connectivity index (χ1n) is 12.6. The summed E-state index contributed by atoms with van der Waals surface area (Å²) in [6, 6.07) is 16.5. The summed E-state index contributed by atoms with van der Waals surface area (Å²) in [7, 11) is 0. The molecule has 4 aliphatic rings. The van der Waals surface area contributed by atoms with E-state index in [0.29, 0.717) is 18.9 Å². The predicted molar refractivity (Wildman–Crippen MR) is 135 cm³/mol. The number of carbonyl (C=O) groups excluding carboxylic acids is 1. The van der Waals surface area contributed by atoms with Gasteiger partial charge in [-0.2, -0.15) is 0 Å². The number of halogens is 1. The van der Waals surface area contributed by atoms with Crippen molar-refractivity contribution in [1.82, 2.24) is 0 Å². The molecule has 7 rings (SSSR count). The normalized spacial score (nSPS) is 23.8. The van der Waals surface area contributed by atoms with Crippen LogP contribution in [0.15, 0.2) is 54.6 Å². The van der Waals surface area contributed by atoms with Gasteiger partial charge in [0.2, 0.25) is 5.91 Å². The van der Waals surface area contributed by atoms with Crippen LogP contribution in [0.1, 0.15) is 40.7 Å². The molecule has 0 saturated carbocycles. The zero-order valence-electron chi connectivity index (χ0n) is 19.8. The van der Waals surface area contributed by atoms with Gasteiger partial charge in [-0.15, -0.1) is 0 Å². The highest BCUT2D eigenvalue weighted by molar-refractivity contribution is 6.13. The number of anilines is 1. The molecular formula is C30H26FNO4. The Morgan fingerprint density at radius 3 is 2.75 bits per heavy atom. The maximum Gasteiger partial charge on any atom is 0.245 e. The summed E-state index contributed by atoms with van der Waals surface area (Å²) >= 11 is 0. The molecule has 0 bridgehead atoms. The van der Waals surface area contributed by atoms with E-state index in [-0.39, 0.29) is 24.4 Å². The number of ether oxygens (including phenoxy) is 3. The molecule has 4 heterocycles. The number of amides is 1. The third kappa shape index (κ3) is 3.21. The van der Waals surface area contributed by atoms with Crippen molar-refractivity contribution in [3.05, 3.63) is 88.2 Å². The van der Waals surface area contributed by atoms with E-state index in [2.05, 4.69) is 6.07 Å². The van der Waals surface area contributed by atoms with Crippen molar-refractivity contribution in [1.29, 1.82) is 0 Å². The number of benzene rings is 3. The van der Waals surface area contributed by atoms with Crippen LogP contribution in [-0.2, 0) is 21.4 Å². The van der Waals surface area contributed by atoms with E-state index in [0.717, 1.165) is 65.1 Å². The van der Waals surface area contributed by atoms with E-state index < -0.39 is 5.41 Å². The van der Waals surface area contributed by atoms with Gasteiger partial charge in [0, 0.05) is 35.9 Å². The molecule has 1 saturated heterocycles. The Kier molecular flexibility index (Phi) is 4.93. The minimum atomic E-state index is -0.926. The summed E-state index contributed by atoms with van der Waals surface area (Å²) in [4.78, 5) is 16.3. The van der Waals surface area contributed by atoms with Gasteiger partial charge in [0.05, 0.1) is 19.3 Å². The molecule has 0 aromatic heterocycles. The lowest BCUT2D eigenvalue weighted by molar-refractivity contribution is -0.122. The van der Waals surface area contributed by atoms with Gasteiger partial charge in [-0.05, 0) is 53.8 Å². The molecular weight excluding hydrogens is 457 g/mol. The van der Waals surface area contributed by atoms with E-state index in [1.54, 1.807) is 12.1 Å². The SMILES string of the molecule is O=C1N(C[C@H]2CCCO2)c2cccc(/C=C/c3ccc(F)cc3)c2C12COc1cc3c(cc12)CCO3.